The van der Waals surface area contributed by atoms with Gasteiger partial charge in [-0.3, -0.25) is 9.69 Å². The lowest BCUT2D eigenvalue weighted by molar-refractivity contribution is -0.121. The summed E-state index contributed by atoms with van der Waals surface area (Å²) < 4.78 is 0. The zero-order valence-corrected chi connectivity index (χ0v) is 9.38. The Morgan fingerprint density at radius 1 is 1.29 bits per heavy atom. The van der Waals surface area contributed by atoms with E-state index in [9.17, 15) is 4.79 Å². The van der Waals surface area contributed by atoms with E-state index in [-0.39, 0.29) is 11.8 Å². The van der Waals surface area contributed by atoms with Crippen molar-refractivity contribution in [1.82, 2.24) is 4.90 Å². The highest BCUT2D eigenvalue weighted by molar-refractivity contribution is 6.30. The Hall–Kier alpha value is -0.860. The van der Waals surface area contributed by atoms with Crippen molar-refractivity contribution in [2.75, 3.05) is 14.1 Å². The summed E-state index contributed by atoms with van der Waals surface area (Å²) in [6.45, 7) is 1.60. The van der Waals surface area contributed by atoms with Gasteiger partial charge in [0.2, 0.25) is 0 Å². The first-order valence-electron chi connectivity index (χ1n) is 4.44. The molecular formula is C11H14ClNO. The van der Waals surface area contributed by atoms with Gasteiger partial charge in [-0.25, -0.2) is 0 Å². The molecule has 1 unspecified atom stereocenters. The van der Waals surface area contributed by atoms with Crippen LogP contribution in [-0.2, 0) is 4.79 Å². The number of benzene rings is 1. The second-order valence-electron chi connectivity index (χ2n) is 3.53. The molecule has 1 atom stereocenters. The van der Waals surface area contributed by atoms with E-state index in [4.69, 9.17) is 11.6 Å². The van der Waals surface area contributed by atoms with Gasteiger partial charge in [-0.1, -0.05) is 23.7 Å². The summed E-state index contributed by atoms with van der Waals surface area (Å²) in [7, 11) is 3.78. The van der Waals surface area contributed by atoms with Crippen LogP contribution in [-0.4, -0.2) is 24.8 Å². The van der Waals surface area contributed by atoms with Gasteiger partial charge in [-0.05, 0) is 38.7 Å². The van der Waals surface area contributed by atoms with Crippen LogP contribution in [0.2, 0.25) is 5.02 Å². The van der Waals surface area contributed by atoms with Gasteiger partial charge >= 0.3 is 0 Å². The lowest BCUT2D eigenvalue weighted by Crippen LogP contribution is -2.25. The van der Waals surface area contributed by atoms with Crippen LogP contribution < -0.4 is 0 Å². The molecule has 0 saturated carbocycles. The molecule has 76 valence electrons. The number of nitrogens with zero attached hydrogens (tertiary/aromatic N) is 1. The average molecular weight is 212 g/mol. The maximum absolute atomic E-state index is 11.4. The largest absolute Gasteiger partial charge is 0.298 e. The highest BCUT2D eigenvalue weighted by Crippen LogP contribution is 2.20. The summed E-state index contributed by atoms with van der Waals surface area (Å²) in [4.78, 5) is 13.3. The van der Waals surface area contributed by atoms with E-state index in [2.05, 4.69) is 0 Å². The molecule has 0 aliphatic carbocycles. The molecule has 0 aliphatic rings. The first-order chi connectivity index (χ1) is 6.52. The van der Waals surface area contributed by atoms with Crippen molar-refractivity contribution in [1.29, 1.82) is 0 Å². The third-order valence-corrected chi connectivity index (χ3v) is 2.34. The van der Waals surface area contributed by atoms with E-state index in [1.54, 1.807) is 19.1 Å². The normalized spacial score (nSPS) is 12.9. The standard InChI is InChI=1S/C11H14ClNO/c1-8(14)11(13(2)3)9-4-6-10(12)7-5-9/h4-7,11H,1-3H3. The molecule has 2 nitrogen and oxygen atoms in total. The molecule has 0 fully saturated rings. The molecule has 14 heavy (non-hydrogen) atoms. The predicted octanol–water partition coefficient (Wildman–Crippen LogP) is 2.53. The number of hydrogen-bond donors (Lipinski definition) is 0. The second kappa shape index (κ2) is 4.58. The van der Waals surface area contributed by atoms with Crippen molar-refractivity contribution in [3.63, 3.8) is 0 Å². The minimum absolute atomic E-state index is 0.136. The molecule has 0 heterocycles. The summed E-state index contributed by atoms with van der Waals surface area (Å²) >= 11 is 5.78. The predicted molar refractivity (Wildman–Crippen MR) is 58.6 cm³/mol. The van der Waals surface area contributed by atoms with E-state index in [0.29, 0.717) is 5.02 Å². The molecule has 1 aromatic rings. The van der Waals surface area contributed by atoms with Gasteiger partial charge in [-0.2, -0.15) is 0 Å². The molecular weight excluding hydrogens is 198 g/mol. The number of Topliss-reactive ketones (excluding diaryl/α,β-unsaturated/α-hetero) is 1. The number of halogens is 1. The van der Waals surface area contributed by atoms with Gasteiger partial charge in [0, 0.05) is 5.02 Å². The van der Waals surface area contributed by atoms with E-state index in [1.807, 2.05) is 31.1 Å². The smallest absolute Gasteiger partial charge is 0.151 e. The van der Waals surface area contributed by atoms with E-state index >= 15 is 0 Å². The third kappa shape index (κ3) is 2.56. The molecule has 3 heteroatoms. The second-order valence-corrected chi connectivity index (χ2v) is 3.96. The lowest BCUT2D eigenvalue weighted by atomic mass is 10.0. The van der Waals surface area contributed by atoms with Crippen molar-refractivity contribution < 1.29 is 4.79 Å². The Morgan fingerprint density at radius 2 is 1.79 bits per heavy atom. The van der Waals surface area contributed by atoms with Crippen LogP contribution in [0.5, 0.6) is 0 Å². The fourth-order valence-corrected chi connectivity index (χ4v) is 1.67. The van der Waals surface area contributed by atoms with Crippen LogP contribution in [0.25, 0.3) is 0 Å². The fourth-order valence-electron chi connectivity index (χ4n) is 1.54. The van der Waals surface area contributed by atoms with Gasteiger partial charge in [0.05, 0.1) is 6.04 Å². The summed E-state index contributed by atoms with van der Waals surface area (Å²) in [5.41, 5.74) is 0.979. The maximum Gasteiger partial charge on any atom is 0.151 e. The van der Waals surface area contributed by atoms with Crippen molar-refractivity contribution in [2.45, 2.75) is 13.0 Å². The van der Waals surface area contributed by atoms with Crippen LogP contribution in [0.1, 0.15) is 18.5 Å². The van der Waals surface area contributed by atoms with Crippen LogP contribution in [0.4, 0.5) is 0 Å². The zero-order chi connectivity index (χ0) is 10.7. The number of ketones is 1. The lowest BCUT2D eigenvalue weighted by Gasteiger charge is -2.21. The zero-order valence-electron chi connectivity index (χ0n) is 8.62. The van der Waals surface area contributed by atoms with Crippen LogP contribution >= 0.6 is 11.6 Å². The minimum atomic E-state index is -0.174. The van der Waals surface area contributed by atoms with Gasteiger partial charge in [0.15, 0.2) is 5.78 Å². The highest BCUT2D eigenvalue weighted by atomic mass is 35.5. The summed E-state index contributed by atoms with van der Waals surface area (Å²) in [5.74, 6) is 0.136. The summed E-state index contributed by atoms with van der Waals surface area (Å²) in [6, 6.07) is 7.20. The first kappa shape index (κ1) is 11.2. The molecule has 1 aromatic carbocycles. The van der Waals surface area contributed by atoms with Crippen molar-refractivity contribution in [3.8, 4) is 0 Å². The number of carbonyl (C=O) groups is 1. The Labute approximate surface area is 89.5 Å². The topological polar surface area (TPSA) is 20.3 Å². The SMILES string of the molecule is CC(=O)C(c1ccc(Cl)cc1)N(C)C. The fraction of sp³-hybridized carbons (Fsp3) is 0.364. The number of carbonyl (C=O) groups excluding carboxylic acids is 1. The van der Waals surface area contributed by atoms with Gasteiger partial charge < -0.3 is 0 Å². The minimum Gasteiger partial charge on any atom is -0.298 e. The van der Waals surface area contributed by atoms with Gasteiger partial charge in [0.25, 0.3) is 0 Å². The van der Waals surface area contributed by atoms with E-state index < -0.39 is 0 Å². The Kier molecular flexibility index (Phi) is 3.67. The van der Waals surface area contributed by atoms with E-state index in [1.165, 1.54) is 0 Å². The van der Waals surface area contributed by atoms with Crippen molar-refractivity contribution >= 4 is 17.4 Å². The molecule has 0 bridgehead atoms. The van der Waals surface area contributed by atoms with Crippen molar-refractivity contribution in [2.24, 2.45) is 0 Å². The van der Waals surface area contributed by atoms with Crippen LogP contribution in [0, 0.1) is 0 Å². The Balaban J connectivity index is 3.00. The summed E-state index contributed by atoms with van der Waals surface area (Å²) in [5, 5.41) is 0.690. The third-order valence-electron chi connectivity index (χ3n) is 2.09. The van der Waals surface area contributed by atoms with Gasteiger partial charge in [-0.15, -0.1) is 0 Å². The molecule has 0 N–H and O–H groups in total. The Bertz CT molecular complexity index is 319. The first-order valence-corrected chi connectivity index (χ1v) is 4.82. The van der Waals surface area contributed by atoms with Crippen molar-refractivity contribution in [3.05, 3.63) is 34.9 Å². The number of hydrogen-bond acceptors (Lipinski definition) is 2. The molecule has 0 amide bonds. The molecule has 1 rings (SSSR count). The Morgan fingerprint density at radius 3 is 2.14 bits per heavy atom. The number of likely N-dealkylation sites (N-methyl/N-ethyl adjacent to an activating group) is 1. The van der Waals surface area contributed by atoms with Gasteiger partial charge in [0.1, 0.15) is 0 Å². The molecule has 0 saturated heterocycles. The van der Waals surface area contributed by atoms with E-state index in [0.717, 1.165) is 5.56 Å². The van der Waals surface area contributed by atoms with Crippen LogP contribution in [0.3, 0.4) is 0 Å². The summed E-state index contributed by atoms with van der Waals surface area (Å²) in [6.07, 6.45) is 0. The molecule has 0 spiro atoms. The molecule has 0 radical (unpaired) electrons. The monoisotopic (exact) mass is 211 g/mol. The highest BCUT2D eigenvalue weighted by Gasteiger charge is 2.18. The average Bonchev–Trinajstić information content (AvgIpc) is 2.07. The quantitative estimate of drug-likeness (QED) is 0.766. The molecule has 0 aliphatic heterocycles. The number of rotatable bonds is 3. The molecule has 0 aromatic heterocycles. The van der Waals surface area contributed by atoms with Crippen LogP contribution in [0.15, 0.2) is 24.3 Å². The maximum atomic E-state index is 11.4.